The minimum atomic E-state index is -0.0771. The van der Waals surface area contributed by atoms with Gasteiger partial charge in [0, 0.05) is 7.11 Å². The van der Waals surface area contributed by atoms with Gasteiger partial charge in [0.1, 0.15) is 5.75 Å². The van der Waals surface area contributed by atoms with Crippen LogP contribution in [0.4, 0.5) is 0 Å². The fourth-order valence-electron chi connectivity index (χ4n) is 1.37. The molecular weight excluding hydrogens is 216 g/mol. The average molecular weight is 229 g/mol. The first kappa shape index (κ1) is 12.0. The largest absolute Gasteiger partial charge is 0.494 e. The Hall–Kier alpha value is -1.06. The number of carbonyl (C=O) groups is 1. The molecule has 82 valence electrons. The van der Waals surface area contributed by atoms with Crippen LogP contribution >= 0.6 is 11.6 Å². The molecule has 1 aromatic rings. The molecule has 0 bridgehead atoms. The molecule has 0 heterocycles. The molecule has 0 aliphatic carbocycles. The van der Waals surface area contributed by atoms with Gasteiger partial charge in [0.05, 0.1) is 24.3 Å². The molecule has 0 aromatic heterocycles. The second-order valence-electron chi connectivity index (χ2n) is 3.15. The lowest BCUT2D eigenvalue weighted by Crippen LogP contribution is -2.00. The molecule has 0 spiro atoms. The molecular formula is C11H13ClO3. The Bertz CT molecular complexity index is 374. The van der Waals surface area contributed by atoms with E-state index in [0.717, 1.165) is 5.56 Å². The normalized spacial score (nSPS) is 10.1. The summed E-state index contributed by atoms with van der Waals surface area (Å²) in [5, 5.41) is 0.428. The zero-order valence-corrected chi connectivity index (χ0v) is 9.72. The van der Waals surface area contributed by atoms with Gasteiger partial charge < -0.3 is 9.47 Å². The molecule has 0 amide bonds. The van der Waals surface area contributed by atoms with Crippen molar-refractivity contribution in [2.24, 2.45) is 0 Å². The lowest BCUT2D eigenvalue weighted by atomic mass is 10.1. The molecule has 4 heteroatoms. The maximum atomic E-state index is 11.4. The van der Waals surface area contributed by atoms with Gasteiger partial charge in [0.25, 0.3) is 0 Å². The van der Waals surface area contributed by atoms with Gasteiger partial charge in [-0.15, -0.1) is 0 Å². The van der Waals surface area contributed by atoms with Gasteiger partial charge in [-0.2, -0.15) is 0 Å². The van der Waals surface area contributed by atoms with Crippen molar-refractivity contribution in [3.63, 3.8) is 0 Å². The van der Waals surface area contributed by atoms with E-state index in [9.17, 15) is 4.79 Å². The molecule has 0 unspecified atom stereocenters. The topological polar surface area (TPSA) is 35.5 Å². The zero-order chi connectivity index (χ0) is 11.4. The quantitative estimate of drug-likeness (QED) is 0.744. The van der Waals surface area contributed by atoms with E-state index in [2.05, 4.69) is 0 Å². The molecule has 1 aromatic carbocycles. The van der Waals surface area contributed by atoms with Crippen LogP contribution in [0.3, 0.4) is 0 Å². The van der Waals surface area contributed by atoms with E-state index in [0.29, 0.717) is 22.9 Å². The predicted molar refractivity (Wildman–Crippen MR) is 58.7 cm³/mol. The van der Waals surface area contributed by atoms with E-state index < -0.39 is 0 Å². The third kappa shape index (κ3) is 2.70. The van der Waals surface area contributed by atoms with Crippen molar-refractivity contribution in [1.29, 1.82) is 0 Å². The van der Waals surface area contributed by atoms with Crippen molar-refractivity contribution < 1.29 is 14.3 Å². The molecule has 15 heavy (non-hydrogen) atoms. The second-order valence-corrected chi connectivity index (χ2v) is 3.55. The Balaban J connectivity index is 3.25. The van der Waals surface area contributed by atoms with E-state index in [-0.39, 0.29) is 5.78 Å². The van der Waals surface area contributed by atoms with Crippen LogP contribution in [0.15, 0.2) is 12.1 Å². The molecule has 0 fully saturated rings. The van der Waals surface area contributed by atoms with Gasteiger partial charge in [0.2, 0.25) is 0 Å². The van der Waals surface area contributed by atoms with E-state index in [1.54, 1.807) is 19.2 Å². The van der Waals surface area contributed by atoms with Crippen molar-refractivity contribution >= 4 is 17.4 Å². The number of rotatable bonds is 4. The van der Waals surface area contributed by atoms with E-state index >= 15 is 0 Å². The van der Waals surface area contributed by atoms with Gasteiger partial charge in [-0.1, -0.05) is 11.6 Å². The van der Waals surface area contributed by atoms with Gasteiger partial charge >= 0.3 is 0 Å². The SMILES string of the molecule is COCc1cc(Cl)c(OC)c(C(C)=O)c1. The summed E-state index contributed by atoms with van der Waals surface area (Å²) >= 11 is 5.98. The highest BCUT2D eigenvalue weighted by atomic mass is 35.5. The van der Waals surface area contributed by atoms with Gasteiger partial charge in [0.15, 0.2) is 5.78 Å². The number of carbonyl (C=O) groups excluding carboxylic acids is 1. The number of ether oxygens (including phenoxy) is 2. The molecule has 0 saturated heterocycles. The minimum absolute atomic E-state index is 0.0771. The number of ketones is 1. The van der Waals surface area contributed by atoms with Crippen LogP contribution in [0.5, 0.6) is 5.75 Å². The predicted octanol–water partition coefficient (Wildman–Crippen LogP) is 2.70. The molecule has 0 radical (unpaired) electrons. The Labute approximate surface area is 93.9 Å². The molecule has 0 saturated carbocycles. The van der Waals surface area contributed by atoms with Crippen LogP contribution in [0.2, 0.25) is 5.02 Å². The first-order valence-corrected chi connectivity index (χ1v) is 4.84. The molecule has 0 atom stereocenters. The van der Waals surface area contributed by atoms with E-state index in [1.165, 1.54) is 14.0 Å². The van der Waals surface area contributed by atoms with Crippen LogP contribution in [0.1, 0.15) is 22.8 Å². The Morgan fingerprint density at radius 3 is 2.53 bits per heavy atom. The molecule has 1 rings (SSSR count). The minimum Gasteiger partial charge on any atom is -0.494 e. The Kier molecular flexibility index (Phi) is 4.12. The summed E-state index contributed by atoms with van der Waals surface area (Å²) in [6.07, 6.45) is 0. The van der Waals surface area contributed by atoms with Crippen molar-refractivity contribution in [3.05, 3.63) is 28.3 Å². The van der Waals surface area contributed by atoms with Crippen LogP contribution < -0.4 is 4.74 Å². The number of Topliss-reactive ketones (excluding diaryl/α,β-unsaturated/α-hetero) is 1. The lowest BCUT2D eigenvalue weighted by molar-refractivity contribution is 0.101. The maximum Gasteiger partial charge on any atom is 0.163 e. The highest BCUT2D eigenvalue weighted by molar-refractivity contribution is 6.32. The smallest absolute Gasteiger partial charge is 0.163 e. The lowest BCUT2D eigenvalue weighted by Gasteiger charge is -2.10. The van der Waals surface area contributed by atoms with Gasteiger partial charge in [-0.05, 0) is 24.6 Å². The number of benzene rings is 1. The molecule has 0 aliphatic rings. The van der Waals surface area contributed by atoms with E-state index in [4.69, 9.17) is 21.1 Å². The van der Waals surface area contributed by atoms with Crippen molar-refractivity contribution in [3.8, 4) is 5.75 Å². The summed E-state index contributed by atoms with van der Waals surface area (Å²) in [4.78, 5) is 11.4. The number of halogens is 1. The first-order valence-electron chi connectivity index (χ1n) is 4.46. The van der Waals surface area contributed by atoms with Crippen molar-refractivity contribution in [1.82, 2.24) is 0 Å². The second kappa shape index (κ2) is 5.14. The summed E-state index contributed by atoms with van der Waals surface area (Å²) in [5.74, 6) is 0.343. The molecule has 0 aliphatic heterocycles. The first-order chi connectivity index (χ1) is 7.10. The number of hydrogen-bond donors (Lipinski definition) is 0. The Morgan fingerprint density at radius 2 is 2.07 bits per heavy atom. The van der Waals surface area contributed by atoms with Crippen LogP contribution in [-0.4, -0.2) is 20.0 Å². The standard InChI is InChI=1S/C11H13ClO3/c1-7(13)9-4-8(6-14-2)5-10(12)11(9)15-3/h4-5H,6H2,1-3H3. The van der Waals surface area contributed by atoms with Crippen LogP contribution in [0.25, 0.3) is 0 Å². The highest BCUT2D eigenvalue weighted by Gasteiger charge is 2.13. The van der Waals surface area contributed by atoms with Crippen molar-refractivity contribution in [2.75, 3.05) is 14.2 Å². The summed E-state index contributed by atoms with van der Waals surface area (Å²) in [6, 6.07) is 3.47. The van der Waals surface area contributed by atoms with Crippen LogP contribution in [0, 0.1) is 0 Å². The summed E-state index contributed by atoms with van der Waals surface area (Å²) in [5.41, 5.74) is 1.34. The monoisotopic (exact) mass is 228 g/mol. The number of methoxy groups -OCH3 is 2. The van der Waals surface area contributed by atoms with Crippen LogP contribution in [-0.2, 0) is 11.3 Å². The third-order valence-electron chi connectivity index (χ3n) is 2.00. The summed E-state index contributed by atoms with van der Waals surface area (Å²) in [6.45, 7) is 1.90. The summed E-state index contributed by atoms with van der Waals surface area (Å²) < 4.78 is 10.1. The number of hydrogen-bond acceptors (Lipinski definition) is 3. The molecule has 0 N–H and O–H groups in total. The average Bonchev–Trinajstić information content (AvgIpc) is 2.17. The zero-order valence-electron chi connectivity index (χ0n) is 8.96. The van der Waals surface area contributed by atoms with Gasteiger partial charge in [-0.25, -0.2) is 0 Å². The third-order valence-corrected chi connectivity index (χ3v) is 2.28. The fourth-order valence-corrected chi connectivity index (χ4v) is 1.69. The fraction of sp³-hybridized carbons (Fsp3) is 0.364. The maximum absolute atomic E-state index is 11.4. The molecule has 3 nitrogen and oxygen atoms in total. The van der Waals surface area contributed by atoms with Crippen molar-refractivity contribution in [2.45, 2.75) is 13.5 Å². The highest BCUT2D eigenvalue weighted by Crippen LogP contribution is 2.30. The van der Waals surface area contributed by atoms with E-state index in [1.807, 2.05) is 0 Å². The Morgan fingerprint density at radius 1 is 1.40 bits per heavy atom. The van der Waals surface area contributed by atoms with Gasteiger partial charge in [-0.3, -0.25) is 4.79 Å². The summed E-state index contributed by atoms with van der Waals surface area (Å²) in [7, 11) is 3.08.